The number of esters is 1. The van der Waals surface area contributed by atoms with Gasteiger partial charge in [0.05, 0.1) is 0 Å². The highest BCUT2D eigenvalue weighted by Crippen LogP contribution is 2.21. The summed E-state index contributed by atoms with van der Waals surface area (Å²) in [5.74, 6) is -1.02. The van der Waals surface area contributed by atoms with Crippen molar-refractivity contribution in [3.05, 3.63) is 0 Å². The molecule has 6 heteroatoms. The van der Waals surface area contributed by atoms with E-state index in [1.807, 2.05) is 0 Å². The fourth-order valence-corrected chi connectivity index (χ4v) is 1.80. The molecule has 1 amide bonds. The van der Waals surface area contributed by atoms with E-state index in [9.17, 15) is 14.4 Å². The summed E-state index contributed by atoms with van der Waals surface area (Å²) in [4.78, 5) is 37.1. The highest BCUT2D eigenvalue weighted by molar-refractivity contribution is 6.07. The summed E-state index contributed by atoms with van der Waals surface area (Å²) in [6, 6.07) is -1.19. The van der Waals surface area contributed by atoms with E-state index in [0.717, 1.165) is 4.90 Å². The lowest BCUT2D eigenvalue weighted by atomic mass is 10.1. The quantitative estimate of drug-likeness (QED) is 0.543. The summed E-state index contributed by atoms with van der Waals surface area (Å²) in [6.07, 6.45) is -0.525. The molecule has 20 heavy (non-hydrogen) atoms. The Bertz CT molecular complexity index is 416. The third-order valence-electron chi connectivity index (χ3n) is 2.47. The van der Waals surface area contributed by atoms with Crippen LogP contribution in [0, 0.1) is 0 Å². The van der Waals surface area contributed by atoms with Crippen molar-refractivity contribution in [2.75, 3.05) is 6.54 Å². The molecule has 1 rings (SSSR count). The molecule has 1 heterocycles. The molecule has 1 saturated heterocycles. The molecule has 0 aliphatic carbocycles. The minimum atomic E-state index is -1.19. The minimum absolute atomic E-state index is 0.142. The van der Waals surface area contributed by atoms with Crippen molar-refractivity contribution < 1.29 is 23.9 Å². The van der Waals surface area contributed by atoms with Crippen molar-refractivity contribution in [1.29, 1.82) is 0 Å². The number of likely N-dealkylation sites (tertiary alicyclic amines) is 1. The van der Waals surface area contributed by atoms with E-state index >= 15 is 0 Å². The van der Waals surface area contributed by atoms with Crippen LogP contribution in [0.15, 0.2) is 0 Å². The van der Waals surface area contributed by atoms with Crippen LogP contribution in [-0.2, 0) is 19.1 Å². The average molecular weight is 285 g/mol. The van der Waals surface area contributed by atoms with Crippen molar-refractivity contribution in [1.82, 2.24) is 4.90 Å². The largest absolute Gasteiger partial charge is 0.458 e. The molecule has 0 aromatic carbocycles. The van der Waals surface area contributed by atoms with Gasteiger partial charge in [0.2, 0.25) is 0 Å². The molecule has 114 valence electrons. The second kappa shape index (κ2) is 5.42. The molecule has 0 bridgehead atoms. The number of carbonyl (C=O) groups is 3. The number of hydrogen-bond donors (Lipinski definition) is 0. The molecule has 1 aliphatic heterocycles. The zero-order valence-corrected chi connectivity index (χ0v) is 13.0. The van der Waals surface area contributed by atoms with Gasteiger partial charge in [-0.25, -0.2) is 9.59 Å². The maximum absolute atomic E-state index is 12.1. The van der Waals surface area contributed by atoms with E-state index in [4.69, 9.17) is 9.47 Å². The number of amides is 1. The number of ketones is 1. The second-order valence-corrected chi connectivity index (χ2v) is 6.83. The normalized spacial score (nSPS) is 20.0. The highest BCUT2D eigenvalue weighted by atomic mass is 16.6. The van der Waals surface area contributed by atoms with E-state index in [-0.39, 0.29) is 18.7 Å². The van der Waals surface area contributed by atoms with Gasteiger partial charge >= 0.3 is 12.1 Å². The van der Waals surface area contributed by atoms with Gasteiger partial charge in [0.1, 0.15) is 11.2 Å². The van der Waals surface area contributed by atoms with Gasteiger partial charge in [0.25, 0.3) is 0 Å². The zero-order valence-electron chi connectivity index (χ0n) is 13.0. The van der Waals surface area contributed by atoms with Crippen LogP contribution in [0.25, 0.3) is 0 Å². The van der Waals surface area contributed by atoms with Crippen LogP contribution in [0.4, 0.5) is 4.79 Å². The predicted octanol–water partition coefficient (Wildman–Crippen LogP) is 1.91. The van der Waals surface area contributed by atoms with Gasteiger partial charge in [-0.1, -0.05) is 0 Å². The first-order chi connectivity index (χ1) is 8.91. The Kier molecular flexibility index (Phi) is 4.46. The number of ether oxygens (including phenoxy) is 2. The topological polar surface area (TPSA) is 72.9 Å². The molecular formula is C14H23NO5. The maximum atomic E-state index is 12.1. The van der Waals surface area contributed by atoms with Gasteiger partial charge in [0, 0.05) is 13.0 Å². The number of rotatable bonds is 1. The Morgan fingerprint density at radius 2 is 1.55 bits per heavy atom. The van der Waals surface area contributed by atoms with Gasteiger partial charge < -0.3 is 9.47 Å². The van der Waals surface area contributed by atoms with Gasteiger partial charge in [0.15, 0.2) is 11.8 Å². The van der Waals surface area contributed by atoms with Gasteiger partial charge in [-0.3, -0.25) is 9.69 Å². The first-order valence-electron chi connectivity index (χ1n) is 6.66. The SMILES string of the molecule is CC(C)(C)OC(=O)C1C(=O)CCN1C(=O)OC(C)(C)C. The van der Waals surface area contributed by atoms with Crippen molar-refractivity contribution in [2.45, 2.75) is 65.2 Å². The molecule has 1 unspecified atom stereocenters. The molecule has 1 fully saturated rings. The van der Waals surface area contributed by atoms with Crippen LogP contribution in [-0.4, -0.2) is 46.5 Å². The molecule has 0 aromatic heterocycles. The van der Waals surface area contributed by atoms with Gasteiger partial charge in [-0.05, 0) is 41.5 Å². The molecule has 0 radical (unpaired) electrons. The highest BCUT2D eigenvalue weighted by Gasteiger charge is 2.44. The van der Waals surface area contributed by atoms with E-state index in [2.05, 4.69) is 0 Å². The second-order valence-electron chi connectivity index (χ2n) is 6.83. The monoisotopic (exact) mass is 285 g/mol. The average Bonchev–Trinajstić information content (AvgIpc) is 2.54. The maximum Gasteiger partial charge on any atom is 0.411 e. The summed E-state index contributed by atoms with van der Waals surface area (Å²) >= 11 is 0. The van der Waals surface area contributed by atoms with E-state index in [1.54, 1.807) is 41.5 Å². The number of hydrogen-bond acceptors (Lipinski definition) is 5. The lowest BCUT2D eigenvalue weighted by Gasteiger charge is -2.28. The Hall–Kier alpha value is -1.59. The lowest BCUT2D eigenvalue weighted by Crippen LogP contribution is -2.48. The van der Waals surface area contributed by atoms with Crippen LogP contribution in [0.3, 0.4) is 0 Å². The predicted molar refractivity (Wildman–Crippen MR) is 72.2 cm³/mol. The van der Waals surface area contributed by atoms with E-state index in [0.29, 0.717) is 0 Å². The Labute approximate surface area is 119 Å². The van der Waals surface area contributed by atoms with E-state index < -0.39 is 29.3 Å². The number of Topliss-reactive ketones (excluding diaryl/α,β-unsaturated/α-hetero) is 1. The molecule has 6 nitrogen and oxygen atoms in total. The molecule has 1 atom stereocenters. The molecule has 0 saturated carbocycles. The molecule has 0 N–H and O–H groups in total. The summed E-state index contributed by atoms with van der Waals surface area (Å²) in [7, 11) is 0. The van der Waals surface area contributed by atoms with Crippen molar-refractivity contribution in [3.63, 3.8) is 0 Å². The van der Waals surface area contributed by atoms with E-state index in [1.165, 1.54) is 0 Å². The summed E-state index contributed by atoms with van der Waals surface area (Å²) in [5.41, 5.74) is -1.39. The van der Waals surface area contributed by atoms with Crippen LogP contribution in [0.2, 0.25) is 0 Å². The lowest BCUT2D eigenvalue weighted by molar-refractivity contribution is -0.161. The molecule has 0 aromatic rings. The Balaban J connectivity index is 2.84. The molecule has 1 aliphatic rings. The fourth-order valence-electron chi connectivity index (χ4n) is 1.80. The third-order valence-corrected chi connectivity index (χ3v) is 2.47. The van der Waals surface area contributed by atoms with Crippen LogP contribution in [0.1, 0.15) is 48.0 Å². The van der Waals surface area contributed by atoms with Crippen molar-refractivity contribution in [2.24, 2.45) is 0 Å². The number of carbonyl (C=O) groups excluding carboxylic acids is 3. The third kappa shape index (κ3) is 4.51. The zero-order chi connectivity index (χ0) is 15.7. The van der Waals surface area contributed by atoms with Crippen LogP contribution in [0.5, 0.6) is 0 Å². The molecular weight excluding hydrogens is 262 g/mol. The Morgan fingerprint density at radius 3 is 2.00 bits per heavy atom. The molecule has 0 spiro atoms. The smallest absolute Gasteiger partial charge is 0.411 e. The first kappa shape index (κ1) is 16.5. The Morgan fingerprint density at radius 1 is 1.05 bits per heavy atom. The van der Waals surface area contributed by atoms with Crippen LogP contribution >= 0.6 is 0 Å². The first-order valence-corrected chi connectivity index (χ1v) is 6.66. The minimum Gasteiger partial charge on any atom is -0.458 e. The van der Waals surface area contributed by atoms with Gasteiger partial charge in [-0.2, -0.15) is 0 Å². The standard InChI is InChI=1S/C14H23NO5/c1-13(2,3)19-11(17)10-9(16)7-8-15(10)12(18)20-14(4,5)6/h10H,7-8H2,1-6H3. The summed E-state index contributed by atoms with van der Waals surface area (Å²) in [6.45, 7) is 10.5. The fraction of sp³-hybridized carbons (Fsp3) is 0.786. The number of nitrogens with zero attached hydrogens (tertiary/aromatic N) is 1. The van der Waals surface area contributed by atoms with Crippen molar-refractivity contribution in [3.8, 4) is 0 Å². The van der Waals surface area contributed by atoms with Gasteiger partial charge in [-0.15, -0.1) is 0 Å². The van der Waals surface area contributed by atoms with Crippen molar-refractivity contribution >= 4 is 17.8 Å². The summed E-state index contributed by atoms with van der Waals surface area (Å²) in [5, 5.41) is 0. The summed E-state index contributed by atoms with van der Waals surface area (Å²) < 4.78 is 10.4. The van der Waals surface area contributed by atoms with Crippen LogP contribution < -0.4 is 0 Å².